The topological polar surface area (TPSA) is 64.1 Å². The first-order valence-electron chi connectivity index (χ1n) is 6.54. The van der Waals surface area contributed by atoms with Crippen molar-refractivity contribution in [2.45, 2.75) is 6.54 Å². The standard InChI is InChI=1S/C16H14N2O3/c1-21-16(20)12-6-4-5-11(9-12)10-18-14-8-3-2-7-13(14)15(19)17-18/h2-9H,10H2,1H3,(H,17,19). The number of ether oxygens (including phenoxy) is 1. The minimum atomic E-state index is -0.372. The number of aromatic nitrogens is 2. The number of fused-ring (bicyclic) bond motifs is 1. The highest BCUT2D eigenvalue weighted by Crippen LogP contribution is 2.13. The molecule has 0 saturated carbocycles. The zero-order valence-electron chi connectivity index (χ0n) is 11.5. The number of nitrogens with zero attached hydrogens (tertiary/aromatic N) is 1. The van der Waals surface area contributed by atoms with Gasteiger partial charge in [0.15, 0.2) is 0 Å². The zero-order chi connectivity index (χ0) is 14.8. The third-order valence-corrected chi connectivity index (χ3v) is 3.36. The molecule has 0 radical (unpaired) electrons. The third kappa shape index (κ3) is 2.45. The van der Waals surface area contributed by atoms with Crippen molar-refractivity contribution in [2.24, 2.45) is 0 Å². The molecular formula is C16H14N2O3. The van der Waals surface area contributed by atoms with E-state index in [1.165, 1.54) is 7.11 Å². The van der Waals surface area contributed by atoms with Crippen molar-refractivity contribution < 1.29 is 9.53 Å². The normalized spacial score (nSPS) is 10.7. The van der Waals surface area contributed by atoms with Crippen molar-refractivity contribution in [3.8, 4) is 0 Å². The molecule has 2 aromatic carbocycles. The summed E-state index contributed by atoms with van der Waals surface area (Å²) in [5.74, 6) is -0.372. The minimum Gasteiger partial charge on any atom is -0.465 e. The van der Waals surface area contributed by atoms with Crippen LogP contribution in [0.1, 0.15) is 15.9 Å². The van der Waals surface area contributed by atoms with Crippen molar-refractivity contribution in [1.82, 2.24) is 9.78 Å². The van der Waals surface area contributed by atoms with E-state index in [2.05, 4.69) is 5.10 Å². The first-order chi connectivity index (χ1) is 10.2. The van der Waals surface area contributed by atoms with Gasteiger partial charge in [0, 0.05) is 0 Å². The van der Waals surface area contributed by atoms with Crippen LogP contribution in [0.3, 0.4) is 0 Å². The largest absolute Gasteiger partial charge is 0.465 e. The van der Waals surface area contributed by atoms with E-state index in [1.807, 2.05) is 24.3 Å². The number of esters is 1. The van der Waals surface area contributed by atoms with Gasteiger partial charge in [0.1, 0.15) is 0 Å². The fraction of sp³-hybridized carbons (Fsp3) is 0.125. The van der Waals surface area contributed by atoms with Gasteiger partial charge in [-0.3, -0.25) is 14.6 Å². The lowest BCUT2D eigenvalue weighted by molar-refractivity contribution is 0.0600. The highest BCUT2D eigenvalue weighted by molar-refractivity contribution is 5.89. The molecule has 0 amide bonds. The maximum atomic E-state index is 11.9. The summed E-state index contributed by atoms with van der Waals surface area (Å²) in [7, 11) is 1.35. The van der Waals surface area contributed by atoms with Crippen LogP contribution in [-0.4, -0.2) is 22.9 Å². The number of aromatic amines is 1. The molecule has 0 aliphatic carbocycles. The molecule has 3 rings (SSSR count). The second kappa shape index (κ2) is 5.28. The summed E-state index contributed by atoms with van der Waals surface area (Å²) in [4.78, 5) is 23.4. The fourth-order valence-corrected chi connectivity index (χ4v) is 2.37. The summed E-state index contributed by atoms with van der Waals surface area (Å²) in [5.41, 5.74) is 2.13. The first-order valence-corrected chi connectivity index (χ1v) is 6.54. The Morgan fingerprint density at radius 1 is 1.19 bits per heavy atom. The quantitative estimate of drug-likeness (QED) is 0.749. The predicted octanol–water partition coefficient (Wildman–Crippen LogP) is 2.16. The van der Waals surface area contributed by atoms with Gasteiger partial charge in [-0.15, -0.1) is 0 Å². The number of H-pyrrole nitrogens is 1. The second-order valence-electron chi connectivity index (χ2n) is 4.74. The van der Waals surface area contributed by atoms with Crippen molar-refractivity contribution in [3.63, 3.8) is 0 Å². The van der Waals surface area contributed by atoms with Gasteiger partial charge in [-0.2, -0.15) is 0 Å². The molecule has 1 aromatic heterocycles. The molecule has 1 N–H and O–H groups in total. The Kier molecular flexibility index (Phi) is 3.31. The summed E-state index contributed by atoms with van der Waals surface area (Å²) in [5, 5.41) is 3.46. The summed E-state index contributed by atoms with van der Waals surface area (Å²) >= 11 is 0. The number of rotatable bonds is 3. The Labute approximate surface area is 120 Å². The van der Waals surface area contributed by atoms with Gasteiger partial charge in [-0.25, -0.2) is 4.79 Å². The van der Waals surface area contributed by atoms with E-state index in [0.29, 0.717) is 17.5 Å². The van der Waals surface area contributed by atoms with Crippen LogP contribution in [0.5, 0.6) is 0 Å². The fourth-order valence-electron chi connectivity index (χ4n) is 2.37. The highest BCUT2D eigenvalue weighted by Gasteiger charge is 2.08. The smallest absolute Gasteiger partial charge is 0.337 e. The first kappa shape index (κ1) is 13.2. The Hall–Kier alpha value is -2.82. The second-order valence-corrected chi connectivity index (χ2v) is 4.74. The average molecular weight is 282 g/mol. The lowest BCUT2D eigenvalue weighted by Gasteiger charge is -2.06. The van der Waals surface area contributed by atoms with Gasteiger partial charge in [0.2, 0.25) is 0 Å². The maximum absolute atomic E-state index is 11.9. The molecule has 0 fully saturated rings. The molecule has 106 valence electrons. The summed E-state index contributed by atoms with van der Waals surface area (Å²) in [6.07, 6.45) is 0. The van der Waals surface area contributed by atoms with E-state index in [1.54, 1.807) is 28.9 Å². The van der Waals surface area contributed by atoms with Gasteiger partial charge in [-0.1, -0.05) is 24.3 Å². The van der Waals surface area contributed by atoms with E-state index in [4.69, 9.17) is 4.74 Å². The Bertz CT molecular complexity index is 861. The lowest BCUT2D eigenvalue weighted by Crippen LogP contribution is -2.08. The van der Waals surface area contributed by atoms with E-state index >= 15 is 0 Å². The van der Waals surface area contributed by atoms with Gasteiger partial charge in [0.05, 0.1) is 30.1 Å². The predicted molar refractivity (Wildman–Crippen MR) is 79.4 cm³/mol. The van der Waals surface area contributed by atoms with Crippen molar-refractivity contribution >= 4 is 16.9 Å². The number of para-hydroxylation sites is 1. The minimum absolute atomic E-state index is 0.116. The Balaban J connectivity index is 1.99. The average Bonchev–Trinajstić information content (AvgIpc) is 2.83. The van der Waals surface area contributed by atoms with Gasteiger partial charge in [0.25, 0.3) is 5.56 Å². The maximum Gasteiger partial charge on any atom is 0.337 e. The van der Waals surface area contributed by atoms with Gasteiger partial charge >= 0.3 is 5.97 Å². The Morgan fingerprint density at radius 3 is 2.81 bits per heavy atom. The summed E-state index contributed by atoms with van der Waals surface area (Å²) in [6, 6.07) is 14.6. The third-order valence-electron chi connectivity index (χ3n) is 3.36. The number of carbonyl (C=O) groups excluding carboxylic acids is 1. The Morgan fingerprint density at radius 2 is 2.00 bits per heavy atom. The van der Waals surface area contributed by atoms with E-state index < -0.39 is 0 Å². The number of hydrogen-bond acceptors (Lipinski definition) is 3. The van der Waals surface area contributed by atoms with E-state index in [9.17, 15) is 9.59 Å². The molecule has 0 bridgehead atoms. The molecule has 5 nitrogen and oxygen atoms in total. The van der Waals surface area contributed by atoms with Crippen LogP contribution in [0.25, 0.3) is 10.9 Å². The van der Waals surface area contributed by atoms with Crippen LogP contribution in [0.15, 0.2) is 53.3 Å². The molecule has 5 heteroatoms. The van der Waals surface area contributed by atoms with Gasteiger partial charge in [-0.05, 0) is 29.8 Å². The number of benzene rings is 2. The molecule has 0 atom stereocenters. The molecule has 1 heterocycles. The van der Waals surface area contributed by atoms with Crippen LogP contribution in [-0.2, 0) is 11.3 Å². The number of nitrogens with one attached hydrogen (secondary N) is 1. The molecule has 0 aliphatic rings. The SMILES string of the molecule is COC(=O)c1cccc(Cn2[nH]c(=O)c3ccccc32)c1. The number of carbonyl (C=O) groups is 1. The molecule has 0 spiro atoms. The summed E-state index contributed by atoms with van der Waals surface area (Å²) in [6.45, 7) is 0.480. The molecule has 21 heavy (non-hydrogen) atoms. The van der Waals surface area contributed by atoms with Gasteiger partial charge < -0.3 is 4.74 Å². The van der Waals surface area contributed by atoms with Crippen molar-refractivity contribution in [3.05, 3.63) is 70.0 Å². The molecule has 0 aliphatic heterocycles. The monoisotopic (exact) mass is 282 g/mol. The van der Waals surface area contributed by atoms with E-state index in [-0.39, 0.29) is 11.5 Å². The lowest BCUT2D eigenvalue weighted by atomic mass is 10.1. The van der Waals surface area contributed by atoms with Crippen LogP contribution >= 0.6 is 0 Å². The number of methoxy groups -OCH3 is 1. The molecule has 3 aromatic rings. The van der Waals surface area contributed by atoms with Crippen LogP contribution in [0.2, 0.25) is 0 Å². The van der Waals surface area contributed by atoms with Crippen molar-refractivity contribution in [2.75, 3.05) is 7.11 Å². The molecule has 0 unspecified atom stereocenters. The van der Waals surface area contributed by atoms with E-state index in [0.717, 1.165) is 11.1 Å². The molecular weight excluding hydrogens is 268 g/mol. The number of hydrogen-bond donors (Lipinski definition) is 1. The van der Waals surface area contributed by atoms with Crippen LogP contribution < -0.4 is 5.56 Å². The highest BCUT2D eigenvalue weighted by atomic mass is 16.5. The zero-order valence-corrected chi connectivity index (χ0v) is 11.5. The summed E-state index contributed by atoms with van der Waals surface area (Å²) < 4.78 is 6.48. The van der Waals surface area contributed by atoms with Crippen LogP contribution in [0.4, 0.5) is 0 Å². The molecule has 0 saturated heterocycles. The van der Waals surface area contributed by atoms with Crippen LogP contribution in [0, 0.1) is 0 Å². The van der Waals surface area contributed by atoms with Crippen molar-refractivity contribution in [1.29, 1.82) is 0 Å².